The van der Waals surface area contributed by atoms with Crippen LogP contribution in [0.2, 0.25) is 5.15 Å². The first-order valence-electron chi connectivity index (χ1n) is 11.7. The molecule has 2 saturated heterocycles. The first kappa shape index (κ1) is 21.5. The van der Waals surface area contributed by atoms with E-state index < -0.39 is 10.0 Å². The molecule has 1 aliphatic carbocycles. The van der Waals surface area contributed by atoms with Crippen LogP contribution in [0.15, 0.2) is 18.5 Å². The van der Waals surface area contributed by atoms with Crippen molar-refractivity contribution in [3.63, 3.8) is 0 Å². The van der Waals surface area contributed by atoms with Crippen molar-refractivity contribution in [3.8, 4) is 0 Å². The average molecular weight is 486 g/mol. The van der Waals surface area contributed by atoms with E-state index in [0.29, 0.717) is 5.15 Å². The molecule has 2 aromatic heterocycles. The lowest BCUT2D eigenvalue weighted by atomic mass is 9.85. The molecule has 0 N–H and O–H groups in total. The van der Waals surface area contributed by atoms with E-state index in [2.05, 4.69) is 33.9 Å². The predicted octanol–water partition coefficient (Wildman–Crippen LogP) is 3.72. The van der Waals surface area contributed by atoms with Crippen LogP contribution in [0.1, 0.15) is 66.7 Å². The SMILES string of the molecule is C[C@@H]1Cc2ncnc(C3C[C@H]4CC[C@@H](C3)N4S(C)(=O)=O)c2CN1c1cc(Cl)nc2c1C=CC2. The van der Waals surface area contributed by atoms with Crippen molar-refractivity contribution in [1.29, 1.82) is 0 Å². The fourth-order valence-electron chi connectivity index (χ4n) is 6.53. The molecule has 7 nitrogen and oxygen atoms in total. The van der Waals surface area contributed by atoms with Gasteiger partial charge in [-0.2, -0.15) is 4.31 Å². The Morgan fingerprint density at radius 3 is 2.61 bits per heavy atom. The average Bonchev–Trinajstić information content (AvgIpc) is 3.34. The third kappa shape index (κ3) is 3.58. The Bertz CT molecular complexity index is 1250. The predicted molar refractivity (Wildman–Crippen MR) is 129 cm³/mol. The first-order valence-corrected chi connectivity index (χ1v) is 14.0. The number of sulfonamides is 1. The highest BCUT2D eigenvalue weighted by atomic mass is 35.5. The number of hydrogen-bond acceptors (Lipinski definition) is 6. The molecule has 9 heteroatoms. The summed E-state index contributed by atoms with van der Waals surface area (Å²) in [5, 5.41) is 0.528. The van der Waals surface area contributed by atoms with Gasteiger partial charge in [0.1, 0.15) is 11.5 Å². The van der Waals surface area contributed by atoms with Gasteiger partial charge in [-0.25, -0.2) is 23.4 Å². The van der Waals surface area contributed by atoms with E-state index >= 15 is 0 Å². The van der Waals surface area contributed by atoms with Gasteiger partial charge in [-0.3, -0.25) is 0 Å². The molecule has 4 atom stereocenters. The van der Waals surface area contributed by atoms with Crippen molar-refractivity contribution in [3.05, 3.63) is 51.8 Å². The van der Waals surface area contributed by atoms with Crippen molar-refractivity contribution < 1.29 is 8.42 Å². The number of hydrogen-bond donors (Lipinski definition) is 0. The van der Waals surface area contributed by atoms with E-state index in [0.717, 1.165) is 73.4 Å². The summed E-state index contributed by atoms with van der Waals surface area (Å²) in [5.74, 6) is 0.263. The van der Waals surface area contributed by atoms with Crippen molar-refractivity contribution in [2.24, 2.45) is 0 Å². The summed E-state index contributed by atoms with van der Waals surface area (Å²) in [5.41, 5.74) is 6.75. The Kier molecular flexibility index (Phi) is 5.05. The maximum atomic E-state index is 12.4. The van der Waals surface area contributed by atoms with Gasteiger partial charge in [-0.05, 0) is 38.7 Å². The largest absolute Gasteiger partial charge is 0.363 e. The van der Waals surface area contributed by atoms with Crippen LogP contribution in [0.4, 0.5) is 5.69 Å². The fraction of sp³-hybridized carbons (Fsp3) is 0.542. The summed E-state index contributed by atoms with van der Waals surface area (Å²) in [7, 11) is -3.18. The fourth-order valence-corrected chi connectivity index (χ4v) is 8.20. The number of rotatable bonds is 3. The maximum absolute atomic E-state index is 12.4. The second-order valence-electron chi connectivity index (χ2n) is 9.94. The standard InChI is InChI=1S/C24H28ClN5O2S/c1-14-8-21-19(12-29(14)22-11-23(25)28-20-5-3-4-18(20)22)24(27-13-26-21)15-9-16-6-7-17(10-15)30(16)33(2,31)32/h3-4,11,13-17H,5-10,12H2,1-2H3/t14-,15?,16-,17+/m1/s1. The monoisotopic (exact) mass is 485 g/mol. The highest BCUT2D eigenvalue weighted by molar-refractivity contribution is 7.88. The zero-order valence-electron chi connectivity index (χ0n) is 18.9. The lowest BCUT2D eigenvalue weighted by molar-refractivity contribution is 0.224. The Morgan fingerprint density at radius 1 is 1.12 bits per heavy atom. The second-order valence-corrected chi connectivity index (χ2v) is 12.2. The van der Waals surface area contributed by atoms with Gasteiger partial charge in [0.05, 0.1) is 23.3 Å². The minimum atomic E-state index is -3.18. The van der Waals surface area contributed by atoms with Crippen LogP contribution in [0, 0.1) is 0 Å². The van der Waals surface area contributed by atoms with Crippen molar-refractivity contribution in [1.82, 2.24) is 19.3 Å². The van der Waals surface area contributed by atoms with E-state index in [1.54, 1.807) is 10.6 Å². The molecule has 6 rings (SSSR count). The second kappa shape index (κ2) is 7.75. The topological polar surface area (TPSA) is 79.3 Å². The molecule has 2 fully saturated rings. The smallest absolute Gasteiger partial charge is 0.211 e. The molecular weight excluding hydrogens is 458 g/mol. The molecule has 5 heterocycles. The third-order valence-corrected chi connectivity index (χ3v) is 9.40. The molecule has 0 aromatic carbocycles. The minimum Gasteiger partial charge on any atom is -0.363 e. The van der Waals surface area contributed by atoms with E-state index in [9.17, 15) is 8.42 Å². The van der Waals surface area contributed by atoms with Crippen molar-refractivity contribution in [2.75, 3.05) is 11.2 Å². The highest BCUT2D eigenvalue weighted by Gasteiger charge is 2.46. The maximum Gasteiger partial charge on any atom is 0.211 e. The summed E-state index contributed by atoms with van der Waals surface area (Å²) in [4.78, 5) is 16.4. The number of fused-ring (bicyclic) bond motifs is 4. The molecule has 0 saturated carbocycles. The summed E-state index contributed by atoms with van der Waals surface area (Å²) in [6, 6.07) is 2.42. The quantitative estimate of drug-likeness (QED) is 0.616. The molecule has 3 aliphatic heterocycles. The number of pyridine rings is 1. The molecule has 0 radical (unpaired) electrons. The Morgan fingerprint density at radius 2 is 1.88 bits per heavy atom. The summed E-state index contributed by atoms with van der Waals surface area (Å²) in [6.07, 6.45) is 12.6. The van der Waals surface area contributed by atoms with Crippen LogP contribution in [0.25, 0.3) is 6.08 Å². The zero-order chi connectivity index (χ0) is 22.9. The molecule has 2 bridgehead atoms. The van der Waals surface area contributed by atoms with Gasteiger partial charge >= 0.3 is 0 Å². The van der Waals surface area contributed by atoms with Crippen LogP contribution in [0.5, 0.6) is 0 Å². The van der Waals surface area contributed by atoms with Crippen LogP contribution >= 0.6 is 11.6 Å². The molecule has 33 heavy (non-hydrogen) atoms. The lowest BCUT2D eigenvalue weighted by Gasteiger charge is -2.40. The number of piperidine rings is 1. The van der Waals surface area contributed by atoms with E-state index in [1.807, 2.05) is 6.07 Å². The highest BCUT2D eigenvalue weighted by Crippen LogP contribution is 2.45. The lowest BCUT2D eigenvalue weighted by Crippen LogP contribution is -2.46. The van der Waals surface area contributed by atoms with Gasteiger partial charge in [-0.15, -0.1) is 0 Å². The van der Waals surface area contributed by atoms with Gasteiger partial charge in [0.25, 0.3) is 0 Å². The minimum absolute atomic E-state index is 0.0837. The van der Waals surface area contributed by atoms with Crippen LogP contribution in [0.3, 0.4) is 0 Å². The molecule has 4 aliphatic rings. The Balaban J connectivity index is 1.35. The molecule has 0 amide bonds. The van der Waals surface area contributed by atoms with E-state index in [-0.39, 0.29) is 24.0 Å². The molecule has 174 valence electrons. The number of halogens is 1. The number of nitrogens with zero attached hydrogens (tertiary/aromatic N) is 5. The molecule has 2 aromatic rings. The first-order chi connectivity index (χ1) is 15.8. The van der Waals surface area contributed by atoms with E-state index in [4.69, 9.17) is 16.6 Å². The summed E-state index contributed by atoms with van der Waals surface area (Å²) >= 11 is 6.39. The van der Waals surface area contributed by atoms with Gasteiger partial charge in [0, 0.05) is 60.2 Å². The van der Waals surface area contributed by atoms with Crippen molar-refractivity contribution >= 4 is 33.4 Å². The Labute approximate surface area is 199 Å². The van der Waals surface area contributed by atoms with Gasteiger partial charge in [-0.1, -0.05) is 23.8 Å². The van der Waals surface area contributed by atoms with E-state index in [1.165, 1.54) is 11.8 Å². The van der Waals surface area contributed by atoms with Crippen LogP contribution in [-0.4, -0.2) is 52.1 Å². The number of anilines is 1. The van der Waals surface area contributed by atoms with Gasteiger partial charge in [0.2, 0.25) is 10.0 Å². The molecule has 0 spiro atoms. The number of aromatic nitrogens is 3. The third-order valence-electron chi connectivity index (χ3n) is 7.84. The molecular formula is C24H28ClN5O2S. The van der Waals surface area contributed by atoms with Gasteiger partial charge < -0.3 is 4.90 Å². The molecule has 1 unspecified atom stereocenters. The normalized spacial score (nSPS) is 28.8. The Hall–Kier alpha value is -2.03. The zero-order valence-corrected chi connectivity index (χ0v) is 20.5. The van der Waals surface area contributed by atoms with Gasteiger partial charge in [0.15, 0.2) is 0 Å². The summed E-state index contributed by atoms with van der Waals surface area (Å²) in [6.45, 7) is 2.96. The van der Waals surface area contributed by atoms with Crippen LogP contribution < -0.4 is 4.90 Å². The van der Waals surface area contributed by atoms with Crippen molar-refractivity contribution in [2.45, 2.75) is 76.0 Å². The number of allylic oxidation sites excluding steroid dienone is 1. The summed E-state index contributed by atoms with van der Waals surface area (Å²) < 4.78 is 26.5. The van der Waals surface area contributed by atoms with Crippen LogP contribution in [-0.2, 0) is 29.4 Å².